The first-order valence-corrected chi connectivity index (χ1v) is 26.6. The van der Waals surface area contributed by atoms with Gasteiger partial charge < -0.3 is 24.3 Å². The van der Waals surface area contributed by atoms with Crippen LogP contribution in [0.2, 0.25) is 0 Å². The maximum absolute atomic E-state index is 6.13. The van der Waals surface area contributed by atoms with Crippen molar-refractivity contribution in [2.24, 2.45) is 0 Å². The molecule has 6 aromatic carbocycles. The van der Waals surface area contributed by atoms with Crippen LogP contribution in [0.25, 0.3) is 43.8 Å². The first-order valence-electron chi connectivity index (χ1n) is 22.4. The number of rotatable bonds is 4. The van der Waals surface area contributed by atoms with Crippen LogP contribution < -0.4 is 9.47 Å². The van der Waals surface area contributed by atoms with Crippen LogP contribution >= 0.6 is 0 Å². The zero-order chi connectivity index (χ0) is 47.3. The summed E-state index contributed by atoms with van der Waals surface area (Å²) >= 11 is 1.36. The van der Waals surface area contributed by atoms with E-state index in [2.05, 4.69) is 218 Å². The first kappa shape index (κ1) is 56.9. The Bertz CT molecular complexity index is 2290. The summed E-state index contributed by atoms with van der Waals surface area (Å²) in [6, 6.07) is 28.1. The van der Waals surface area contributed by atoms with Gasteiger partial charge in [-0.1, -0.05) is 175 Å². The van der Waals surface area contributed by atoms with E-state index in [9.17, 15) is 0 Å². The zero-order valence-electron chi connectivity index (χ0n) is 44.7. The van der Waals surface area contributed by atoms with Crippen molar-refractivity contribution in [3.05, 3.63) is 132 Å². The Morgan fingerprint density at radius 2 is 0.641 bits per heavy atom. The second kappa shape index (κ2) is 20.3. The van der Waals surface area contributed by atoms with Crippen molar-refractivity contribution in [3.8, 4) is 33.8 Å². The third kappa shape index (κ3) is 12.6. The van der Waals surface area contributed by atoms with E-state index in [-0.39, 0.29) is 47.3 Å². The molecule has 6 rings (SSSR count). The average molecular weight is 957 g/mol. The molecule has 0 fully saturated rings. The van der Waals surface area contributed by atoms with Gasteiger partial charge in [-0.05, 0) is 88.1 Å². The molecule has 0 aromatic heterocycles. The molecule has 348 valence electrons. The van der Waals surface area contributed by atoms with Gasteiger partial charge in [0.15, 0.2) is 0 Å². The summed E-state index contributed by atoms with van der Waals surface area (Å²) < 4.78 is 12.3. The summed E-state index contributed by atoms with van der Waals surface area (Å²) in [5.41, 5.74) is 15.8. The van der Waals surface area contributed by atoms with Crippen LogP contribution in [-0.2, 0) is 55.8 Å². The summed E-state index contributed by atoms with van der Waals surface area (Å²) in [6.45, 7) is 48.6. The average Bonchev–Trinajstić information content (AvgIpc) is 3.71. The number of ether oxygens (including phenoxy) is 2. The molecule has 0 saturated heterocycles. The second-order valence-electron chi connectivity index (χ2n) is 23.8. The molecular formula is C60H84O2SiZr-4. The number of benzene rings is 4. The molecule has 0 spiro atoms. The molecule has 0 heterocycles. The SMILES string of the molecule is COc1c(C(C)(C)C)cc2[cH-]c(C)cc2c1-c1cc(C(C)(C)C)cc(C(C)(C)C)c1.COc1c(C(C)(C)C)cc2[cH-]c(C)cc2c1-c1cc(C(C)(C)C)cc(C(C)(C)C)c1.[CH3-].[CH3-].[Si]=[Zr]. The van der Waals surface area contributed by atoms with Gasteiger partial charge in [0, 0.05) is 0 Å². The number of methoxy groups -OCH3 is 2. The quantitative estimate of drug-likeness (QED) is 0.129. The summed E-state index contributed by atoms with van der Waals surface area (Å²) in [5, 5.41) is 5.16. The molecule has 0 aliphatic carbocycles. The van der Waals surface area contributed by atoms with Gasteiger partial charge in [-0.25, -0.2) is 0 Å². The topological polar surface area (TPSA) is 18.5 Å². The van der Waals surface area contributed by atoms with Crippen LogP contribution in [0, 0.1) is 28.7 Å². The summed E-state index contributed by atoms with van der Waals surface area (Å²) in [7, 11) is 3.63. The fourth-order valence-corrected chi connectivity index (χ4v) is 8.37. The van der Waals surface area contributed by atoms with Gasteiger partial charge in [0.25, 0.3) is 0 Å². The van der Waals surface area contributed by atoms with E-state index in [1.165, 1.54) is 112 Å². The summed E-state index contributed by atoms with van der Waals surface area (Å²) in [6.07, 6.45) is 0. The van der Waals surface area contributed by atoms with Crippen molar-refractivity contribution >= 4 is 28.4 Å². The van der Waals surface area contributed by atoms with E-state index < -0.39 is 0 Å². The Kier molecular flexibility index (Phi) is 18.1. The van der Waals surface area contributed by atoms with Crippen LogP contribution in [0.3, 0.4) is 0 Å². The second-order valence-corrected chi connectivity index (χ2v) is 23.8. The molecule has 64 heavy (non-hydrogen) atoms. The van der Waals surface area contributed by atoms with E-state index in [0.717, 1.165) is 11.5 Å². The number of hydrogen-bond donors (Lipinski definition) is 0. The van der Waals surface area contributed by atoms with Gasteiger partial charge in [-0.15, -0.1) is 56.9 Å². The maximum atomic E-state index is 6.13. The van der Waals surface area contributed by atoms with E-state index in [4.69, 9.17) is 9.47 Å². The van der Waals surface area contributed by atoms with Crippen molar-refractivity contribution in [3.63, 3.8) is 0 Å². The normalized spacial score (nSPS) is 12.4. The Labute approximate surface area is 409 Å². The standard InChI is InChI=1S/2C29H39O.2CH3.Si.Zr/c2*1-18-12-19-16-24(29(8,9)10)26(30-11)25(23(19)13-18)20-14-21(27(2,3)4)17-22(15-20)28(5,6)7;;;;/h2*12-17H,1-11H3;2*1H3;;/q4*-1;;. The molecule has 0 saturated carbocycles. The monoisotopic (exact) mass is 955 g/mol. The molecule has 0 atom stereocenters. The molecule has 2 radical (unpaired) electrons. The molecular weight excluding hydrogens is 872 g/mol. The third-order valence-corrected chi connectivity index (χ3v) is 12.1. The van der Waals surface area contributed by atoms with Gasteiger partial charge in [0.05, 0.1) is 14.2 Å². The Morgan fingerprint density at radius 3 is 0.844 bits per heavy atom. The van der Waals surface area contributed by atoms with Crippen molar-refractivity contribution in [2.45, 2.75) is 171 Å². The third-order valence-electron chi connectivity index (χ3n) is 12.1. The van der Waals surface area contributed by atoms with Crippen molar-refractivity contribution in [1.82, 2.24) is 0 Å². The van der Waals surface area contributed by atoms with Gasteiger partial charge in [-0.3, -0.25) is 0 Å². The number of fused-ring (bicyclic) bond motifs is 2. The zero-order valence-corrected chi connectivity index (χ0v) is 48.2. The molecule has 0 bridgehead atoms. The molecule has 4 heteroatoms. The number of hydrogen-bond acceptors (Lipinski definition) is 2. The molecule has 0 amide bonds. The first-order chi connectivity index (χ1) is 28.2. The molecule has 0 unspecified atom stereocenters. The van der Waals surface area contributed by atoms with E-state index >= 15 is 0 Å². The Hall–Kier alpha value is -3.20. The minimum atomic E-state index is -0.00600. The van der Waals surface area contributed by atoms with E-state index in [1.807, 2.05) is 14.2 Å². The van der Waals surface area contributed by atoms with Gasteiger partial charge in [0.2, 0.25) is 0 Å². The van der Waals surface area contributed by atoms with Crippen molar-refractivity contribution < 1.29 is 32.8 Å². The van der Waals surface area contributed by atoms with E-state index in [0.29, 0.717) is 0 Å². The van der Waals surface area contributed by atoms with Crippen molar-refractivity contribution in [1.29, 1.82) is 0 Å². The van der Waals surface area contributed by atoms with Crippen LogP contribution in [-0.4, -0.2) is 21.1 Å². The Balaban J connectivity index is 0.000000411. The van der Waals surface area contributed by atoms with E-state index in [1.54, 1.807) is 0 Å². The fourth-order valence-electron chi connectivity index (χ4n) is 8.37. The Morgan fingerprint density at radius 1 is 0.391 bits per heavy atom. The molecule has 6 aromatic rings. The predicted octanol–water partition coefficient (Wildman–Crippen LogP) is 17.4. The van der Waals surface area contributed by atoms with Gasteiger partial charge >= 0.3 is 30.2 Å². The predicted molar refractivity (Wildman–Crippen MR) is 283 cm³/mol. The van der Waals surface area contributed by atoms with Gasteiger partial charge in [0.1, 0.15) is 11.5 Å². The van der Waals surface area contributed by atoms with Crippen LogP contribution in [0.15, 0.2) is 72.8 Å². The molecule has 0 N–H and O–H groups in total. The molecule has 2 nitrogen and oxygen atoms in total. The van der Waals surface area contributed by atoms with Crippen LogP contribution in [0.4, 0.5) is 0 Å². The minimum absolute atomic E-state index is 0. The summed E-state index contributed by atoms with van der Waals surface area (Å²) in [4.78, 5) is 0. The fraction of sp³-hybridized carbons (Fsp3) is 0.467. The summed E-state index contributed by atoms with van der Waals surface area (Å²) in [5.74, 6) is 2.01. The molecule has 0 aliphatic heterocycles. The number of aryl methyl sites for hydroxylation is 2. The van der Waals surface area contributed by atoms with Gasteiger partial charge in [-0.2, -0.15) is 12.1 Å². The van der Waals surface area contributed by atoms with Crippen molar-refractivity contribution in [2.75, 3.05) is 14.2 Å². The molecule has 0 aliphatic rings. The van der Waals surface area contributed by atoms with Crippen LogP contribution in [0.5, 0.6) is 11.5 Å². The van der Waals surface area contributed by atoms with Crippen LogP contribution in [0.1, 0.15) is 169 Å².